The molecule has 2 aromatic carbocycles. The molecule has 0 atom stereocenters. The lowest BCUT2D eigenvalue weighted by molar-refractivity contribution is -0.384. The molecule has 10 heteroatoms. The number of non-ortho nitro benzene ring substituents is 1. The Bertz CT molecular complexity index is 919. The number of nitro benzene ring substituents is 1. The van der Waals surface area contributed by atoms with Gasteiger partial charge in [-0.2, -0.15) is 0 Å². The van der Waals surface area contributed by atoms with Crippen molar-refractivity contribution in [3.05, 3.63) is 58.4 Å². The van der Waals surface area contributed by atoms with Gasteiger partial charge in [-0.25, -0.2) is 4.39 Å². The SMILES string of the molecule is O=C(CN1C(=O)COc2ccc([N+](=O)[O-])cc21)NCCCOc1ccc(F)cc1. The van der Waals surface area contributed by atoms with Crippen LogP contribution in [0, 0.1) is 15.9 Å². The van der Waals surface area contributed by atoms with E-state index in [1.54, 1.807) is 0 Å². The number of amides is 2. The number of benzene rings is 2. The van der Waals surface area contributed by atoms with Crippen molar-refractivity contribution in [1.29, 1.82) is 0 Å². The van der Waals surface area contributed by atoms with E-state index in [-0.39, 0.29) is 30.3 Å². The highest BCUT2D eigenvalue weighted by Gasteiger charge is 2.29. The molecule has 1 heterocycles. The Labute approximate surface area is 165 Å². The average Bonchev–Trinajstić information content (AvgIpc) is 2.71. The molecule has 29 heavy (non-hydrogen) atoms. The fraction of sp³-hybridized carbons (Fsp3) is 0.263. The number of hydrogen-bond acceptors (Lipinski definition) is 6. The number of carbonyl (C=O) groups is 2. The summed E-state index contributed by atoms with van der Waals surface area (Å²) in [5, 5.41) is 13.6. The van der Waals surface area contributed by atoms with Crippen molar-refractivity contribution in [1.82, 2.24) is 5.32 Å². The molecule has 0 unspecified atom stereocenters. The number of halogens is 1. The Morgan fingerprint density at radius 3 is 2.76 bits per heavy atom. The van der Waals surface area contributed by atoms with Gasteiger partial charge >= 0.3 is 0 Å². The summed E-state index contributed by atoms with van der Waals surface area (Å²) in [7, 11) is 0. The summed E-state index contributed by atoms with van der Waals surface area (Å²) in [5.41, 5.74) is -0.0179. The van der Waals surface area contributed by atoms with Crippen molar-refractivity contribution in [2.24, 2.45) is 0 Å². The molecule has 152 valence electrons. The Kier molecular flexibility index (Phi) is 6.22. The normalized spacial score (nSPS) is 12.7. The first-order valence-corrected chi connectivity index (χ1v) is 8.81. The van der Waals surface area contributed by atoms with E-state index in [4.69, 9.17) is 9.47 Å². The Morgan fingerprint density at radius 1 is 1.28 bits per heavy atom. The standard InChI is InChI=1S/C19H18FN3O6/c20-13-2-5-15(6-3-13)28-9-1-8-21-18(24)11-22-16-10-14(23(26)27)4-7-17(16)29-12-19(22)25/h2-7,10H,1,8-9,11-12H2,(H,21,24). The van der Waals surface area contributed by atoms with E-state index in [1.807, 2.05) is 0 Å². The highest BCUT2D eigenvalue weighted by Crippen LogP contribution is 2.35. The van der Waals surface area contributed by atoms with Crippen LogP contribution in [-0.2, 0) is 9.59 Å². The molecular weight excluding hydrogens is 385 g/mol. The first-order valence-electron chi connectivity index (χ1n) is 8.81. The molecule has 0 bridgehead atoms. The number of rotatable bonds is 8. The monoisotopic (exact) mass is 403 g/mol. The Hall–Kier alpha value is -3.69. The van der Waals surface area contributed by atoms with Gasteiger partial charge in [0.25, 0.3) is 11.6 Å². The van der Waals surface area contributed by atoms with Crippen molar-refractivity contribution in [3.8, 4) is 11.5 Å². The van der Waals surface area contributed by atoms with Crippen LogP contribution < -0.4 is 19.7 Å². The van der Waals surface area contributed by atoms with Gasteiger partial charge in [0.1, 0.15) is 23.9 Å². The van der Waals surface area contributed by atoms with Crippen molar-refractivity contribution in [2.75, 3.05) is 31.2 Å². The van der Waals surface area contributed by atoms with Crippen molar-refractivity contribution < 1.29 is 28.4 Å². The molecule has 2 aromatic rings. The molecule has 0 aliphatic carbocycles. The number of fused-ring (bicyclic) bond motifs is 1. The second-order valence-electron chi connectivity index (χ2n) is 6.18. The minimum atomic E-state index is -0.585. The van der Waals surface area contributed by atoms with Gasteiger partial charge in [-0.1, -0.05) is 0 Å². The van der Waals surface area contributed by atoms with Crippen LogP contribution >= 0.6 is 0 Å². The molecule has 0 spiro atoms. The third-order valence-corrected chi connectivity index (χ3v) is 4.12. The van der Waals surface area contributed by atoms with Gasteiger partial charge in [0.15, 0.2) is 6.61 Å². The highest BCUT2D eigenvalue weighted by molar-refractivity contribution is 6.02. The van der Waals surface area contributed by atoms with Gasteiger partial charge in [-0.3, -0.25) is 24.6 Å². The van der Waals surface area contributed by atoms with Gasteiger partial charge in [0, 0.05) is 18.7 Å². The number of carbonyl (C=O) groups excluding carboxylic acids is 2. The maximum atomic E-state index is 12.8. The van der Waals surface area contributed by atoms with Crippen molar-refractivity contribution in [2.45, 2.75) is 6.42 Å². The van der Waals surface area contributed by atoms with E-state index in [1.165, 1.54) is 42.5 Å². The minimum Gasteiger partial charge on any atom is -0.494 e. The van der Waals surface area contributed by atoms with Crippen molar-refractivity contribution >= 4 is 23.2 Å². The smallest absolute Gasteiger partial charge is 0.271 e. The van der Waals surface area contributed by atoms with Crippen LogP contribution in [0.4, 0.5) is 15.8 Å². The van der Waals surface area contributed by atoms with Crippen LogP contribution in [0.1, 0.15) is 6.42 Å². The number of anilines is 1. The topological polar surface area (TPSA) is 111 Å². The predicted molar refractivity (Wildman–Crippen MR) is 100 cm³/mol. The van der Waals surface area contributed by atoms with Gasteiger partial charge in [0.05, 0.1) is 17.2 Å². The van der Waals surface area contributed by atoms with E-state index in [0.717, 1.165) is 4.90 Å². The van der Waals surface area contributed by atoms with Crippen LogP contribution in [0.5, 0.6) is 11.5 Å². The summed E-state index contributed by atoms with van der Waals surface area (Å²) < 4.78 is 23.5. The molecule has 0 aromatic heterocycles. The van der Waals surface area contributed by atoms with Gasteiger partial charge in [-0.05, 0) is 36.8 Å². The maximum absolute atomic E-state index is 12.8. The van der Waals surface area contributed by atoms with Crippen LogP contribution in [0.25, 0.3) is 0 Å². The number of nitrogens with one attached hydrogen (secondary N) is 1. The Morgan fingerprint density at radius 2 is 2.03 bits per heavy atom. The van der Waals surface area contributed by atoms with E-state index in [9.17, 15) is 24.1 Å². The first-order chi connectivity index (χ1) is 13.9. The summed E-state index contributed by atoms with van der Waals surface area (Å²) in [6.07, 6.45) is 0.502. The largest absolute Gasteiger partial charge is 0.494 e. The molecule has 0 saturated carbocycles. The van der Waals surface area contributed by atoms with Crippen LogP contribution in [-0.4, -0.2) is 43.0 Å². The lowest BCUT2D eigenvalue weighted by atomic mass is 10.2. The molecule has 2 amide bonds. The molecular formula is C19H18FN3O6. The molecule has 1 aliphatic rings. The number of hydrogen-bond donors (Lipinski definition) is 1. The number of nitro groups is 1. The molecule has 3 rings (SSSR count). The fourth-order valence-electron chi connectivity index (χ4n) is 2.70. The van der Waals surface area contributed by atoms with E-state index in [2.05, 4.69) is 5.32 Å². The Balaban J connectivity index is 1.50. The lowest BCUT2D eigenvalue weighted by Crippen LogP contribution is -2.45. The second-order valence-corrected chi connectivity index (χ2v) is 6.18. The average molecular weight is 403 g/mol. The van der Waals surface area contributed by atoms with Gasteiger partial charge in [0.2, 0.25) is 5.91 Å². The molecule has 9 nitrogen and oxygen atoms in total. The minimum absolute atomic E-state index is 0.185. The van der Waals surface area contributed by atoms with Crippen molar-refractivity contribution in [3.63, 3.8) is 0 Å². The molecule has 1 aliphatic heterocycles. The van der Waals surface area contributed by atoms with Crippen LogP contribution in [0.3, 0.4) is 0 Å². The zero-order chi connectivity index (χ0) is 20.8. The van der Waals surface area contributed by atoms with Crippen LogP contribution in [0.15, 0.2) is 42.5 Å². The van der Waals surface area contributed by atoms with E-state index in [0.29, 0.717) is 31.1 Å². The summed E-state index contributed by atoms with van der Waals surface area (Å²) in [5.74, 6) is -0.410. The van der Waals surface area contributed by atoms with E-state index < -0.39 is 16.7 Å². The molecule has 0 saturated heterocycles. The van der Waals surface area contributed by atoms with Crippen LogP contribution in [0.2, 0.25) is 0 Å². The molecule has 0 radical (unpaired) electrons. The number of ether oxygens (including phenoxy) is 2. The summed E-state index contributed by atoms with van der Waals surface area (Å²) >= 11 is 0. The summed E-state index contributed by atoms with van der Waals surface area (Å²) in [4.78, 5) is 35.9. The second kappa shape index (κ2) is 9.00. The quantitative estimate of drug-likeness (QED) is 0.410. The van der Waals surface area contributed by atoms with E-state index >= 15 is 0 Å². The maximum Gasteiger partial charge on any atom is 0.271 e. The molecule has 1 N–H and O–H groups in total. The third kappa shape index (κ3) is 5.18. The first kappa shape index (κ1) is 20.1. The van der Waals surface area contributed by atoms with Gasteiger partial charge < -0.3 is 14.8 Å². The van der Waals surface area contributed by atoms with Gasteiger partial charge in [-0.15, -0.1) is 0 Å². The third-order valence-electron chi connectivity index (χ3n) is 4.12. The number of nitrogens with zero attached hydrogens (tertiary/aromatic N) is 2. The lowest BCUT2D eigenvalue weighted by Gasteiger charge is -2.28. The summed E-state index contributed by atoms with van der Waals surface area (Å²) in [6.45, 7) is 0.0938. The molecule has 0 fully saturated rings. The zero-order valence-corrected chi connectivity index (χ0v) is 15.3. The summed E-state index contributed by atoms with van der Waals surface area (Å²) in [6, 6.07) is 9.47. The fourth-order valence-corrected chi connectivity index (χ4v) is 2.70. The predicted octanol–water partition coefficient (Wildman–Crippen LogP) is 2.04. The zero-order valence-electron chi connectivity index (χ0n) is 15.3. The highest BCUT2D eigenvalue weighted by atomic mass is 19.1.